The van der Waals surface area contributed by atoms with Crippen LogP contribution in [0.25, 0.3) is 60.9 Å². The normalized spacial score (nSPS) is 12.8. The predicted molar refractivity (Wildman–Crippen MR) is 248 cm³/mol. The maximum absolute atomic E-state index is 7.18. The van der Waals surface area contributed by atoms with Crippen LogP contribution in [0.4, 0.5) is 17.1 Å². The van der Waals surface area contributed by atoms with Gasteiger partial charge in [0.25, 0.3) is 0 Å². The lowest BCUT2D eigenvalue weighted by Gasteiger charge is -2.35. The molecule has 0 fully saturated rings. The smallest absolute Gasteiger partial charge is 0.161 e. The quantitative estimate of drug-likeness (QED) is 0.161. The monoisotopic (exact) mass is 766 g/mol. The molecule has 0 bridgehead atoms. The highest BCUT2D eigenvalue weighted by Gasteiger charge is 2.46. The lowest BCUT2D eigenvalue weighted by Crippen LogP contribution is -2.28. The maximum atomic E-state index is 7.18. The standard InChI is InChI=1S/C57H38N2O/c1-5-18-39(19-6-1)40-32-34-44(35-33-40)58(53-31-17-28-49-54-56(60-55(49)53)48-27-14-16-30-52(48)59(54)43-24-11-4-12-25-43)45-36-37-47-46-26-13-15-29-50(46)57(51(47)38-45,41-20-7-2-8-21-41)42-22-9-3-10-23-42/h1-38H. The Kier molecular flexibility index (Phi) is 7.76. The summed E-state index contributed by atoms with van der Waals surface area (Å²) in [5, 5.41) is 2.15. The zero-order valence-corrected chi connectivity index (χ0v) is 32.7. The zero-order chi connectivity index (χ0) is 39.6. The molecule has 2 heterocycles. The van der Waals surface area contributed by atoms with Gasteiger partial charge in [0, 0.05) is 27.8 Å². The van der Waals surface area contributed by atoms with Gasteiger partial charge in [-0.2, -0.15) is 0 Å². The summed E-state index contributed by atoms with van der Waals surface area (Å²) in [5.41, 5.74) is 17.4. The summed E-state index contributed by atoms with van der Waals surface area (Å²) in [7, 11) is 0. The largest absolute Gasteiger partial charge is 0.451 e. The lowest BCUT2D eigenvalue weighted by atomic mass is 9.67. The summed E-state index contributed by atoms with van der Waals surface area (Å²) in [4.78, 5) is 2.39. The first-order valence-electron chi connectivity index (χ1n) is 20.6. The molecule has 3 nitrogen and oxygen atoms in total. The molecule has 0 amide bonds. The van der Waals surface area contributed by atoms with Crippen LogP contribution < -0.4 is 4.90 Å². The van der Waals surface area contributed by atoms with Crippen molar-refractivity contribution in [3.05, 3.63) is 253 Å². The van der Waals surface area contributed by atoms with Crippen LogP contribution >= 0.6 is 0 Å². The van der Waals surface area contributed by atoms with E-state index in [1.165, 1.54) is 44.5 Å². The van der Waals surface area contributed by atoms with Crippen molar-refractivity contribution in [2.24, 2.45) is 0 Å². The van der Waals surface area contributed by atoms with Crippen molar-refractivity contribution in [2.45, 2.75) is 5.41 Å². The number of nitrogens with zero attached hydrogens (tertiary/aromatic N) is 2. The van der Waals surface area contributed by atoms with Gasteiger partial charge in [-0.25, -0.2) is 0 Å². The number of hydrogen-bond donors (Lipinski definition) is 0. The molecule has 282 valence electrons. The van der Waals surface area contributed by atoms with Crippen LogP contribution in [0.3, 0.4) is 0 Å². The first kappa shape index (κ1) is 34.2. The van der Waals surface area contributed by atoms with Gasteiger partial charge >= 0.3 is 0 Å². The number of fused-ring (bicyclic) bond motifs is 8. The second-order valence-corrected chi connectivity index (χ2v) is 15.6. The van der Waals surface area contributed by atoms with Crippen LogP contribution in [-0.4, -0.2) is 4.57 Å². The molecule has 3 heteroatoms. The van der Waals surface area contributed by atoms with Crippen LogP contribution in [0.5, 0.6) is 0 Å². The number of anilines is 3. The molecule has 60 heavy (non-hydrogen) atoms. The molecule has 12 rings (SSSR count). The zero-order valence-electron chi connectivity index (χ0n) is 32.7. The van der Waals surface area contributed by atoms with Crippen molar-refractivity contribution >= 4 is 50.0 Å². The minimum Gasteiger partial charge on any atom is -0.451 e. The third kappa shape index (κ3) is 5.03. The Hall–Kier alpha value is -7.88. The van der Waals surface area contributed by atoms with Crippen LogP contribution in [0, 0.1) is 0 Å². The Morgan fingerprint density at radius 2 is 0.967 bits per heavy atom. The van der Waals surface area contributed by atoms with Gasteiger partial charge in [-0.1, -0.05) is 170 Å². The van der Waals surface area contributed by atoms with Gasteiger partial charge in [-0.05, 0) is 105 Å². The third-order valence-corrected chi connectivity index (χ3v) is 12.5. The van der Waals surface area contributed by atoms with Gasteiger partial charge in [-0.3, -0.25) is 0 Å². The molecule has 0 N–H and O–H groups in total. The average Bonchev–Trinajstić information content (AvgIpc) is 3.97. The van der Waals surface area contributed by atoms with E-state index in [1.807, 2.05) is 0 Å². The SMILES string of the molecule is c1ccc(-c2ccc(N(c3ccc4c(c3)C(c3ccccc3)(c3ccccc3)c3ccccc3-4)c3cccc4c3oc3c5ccccc5n(-c5ccccc5)c43)cc2)cc1. The molecule has 0 unspecified atom stereocenters. The maximum Gasteiger partial charge on any atom is 0.161 e. The molecule has 0 saturated heterocycles. The first-order valence-corrected chi connectivity index (χ1v) is 20.6. The third-order valence-electron chi connectivity index (χ3n) is 12.5. The van der Waals surface area contributed by atoms with E-state index in [0.717, 1.165) is 55.7 Å². The molecule has 11 aromatic rings. The van der Waals surface area contributed by atoms with Gasteiger partial charge < -0.3 is 13.9 Å². The Morgan fingerprint density at radius 3 is 1.70 bits per heavy atom. The van der Waals surface area contributed by atoms with Crippen LogP contribution in [0.1, 0.15) is 22.3 Å². The molecule has 2 aromatic heterocycles. The number of aromatic nitrogens is 1. The van der Waals surface area contributed by atoms with Gasteiger partial charge in [0.05, 0.1) is 16.6 Å². The van der Waals surface area contributed by atoms with Crippen LogP contribution in [-0.2, 0) is 5.41 Å². The van der Waals surface area contributed by atoms with Gasteiger partial charge in [-0.15, -0.1) is 0 Å². The Bertz CT molecular complexity index is 3310. The summed E-state index contributed by atoms with van der Waals surface area (Å²) in [6.07, 6.45) is 0. The molecular weight excluding hydrogens is 729 g/mol. The van der Waals surface area contributed by atoms with Crippen molar-refractivity contribution in [1.29, 1.82) is 0 Å². The van der Waals surface area contributed by atoms with Crippen molar-refractivity contribution in [1.82, 2.24) is 4.57 Å². The van der Waals surface area contributed by atoms with Crippen LogP contribution in [0.2, 0.25) is 0 Å². The summed E-state index contributed by atoms with van der Waals surface area (Å²) in [5.74, 6) is 0. The summed E-state index contributed by atoms with van der Waals surface area (Å²) >= 11 is 0. The predicted octanol–water partition coefficient (Wildman–Crippen LogP) is 15.0. The summed E-state index contributed by atoms with van der Waals surface area (Å²) < 4.78 is 9.52. The molecule has 9 aromatic carbocycles. The van der Waals surface area contributed by atoms with E-state index >= 15 is 0 Å². The van der Waals surface area contributed by atoms with E-state index in [4.69, 9.17) is 4.42 Å². The number of benzene rings is 9. The summed E-state index contributed by atoms with van der Waals surface area (Å²) in [6, 6.07) is 83.3. The molecule has 1 aliphatic carbocycles. The highest BCUT2D eigenvalue weighted by molar-refractivity contribution is 6.18. The molecule has 1 aliphatic rings. The van der Waals surface area contributed by atoms with E-state index in [-0.39, 0.29) is 0 Å². The molecule has 0 saturated carbocycles. The Morgan fingerprint density at radius 1 is 0.400 bits per heavy atom. The topological polar surface area (TPSA) is 21.3 Å². The fourth-order valence-electron chi connectivity index (χ4n) is 9.93. The Labute approximate surface area is 348 Å². The molecular formula is C57H38N2O. The molecule has 0 aliphatic heterocycles. The number of furan rings is 1. The van der Waals surface area contributed by atoms with Crippen molar-refractivity contribution in [2.75, 3.05) is 4.90 Å². The minimum atomic E-state index is -0.537. The molecule has 0 spiro atoms. The molecule has 0 radical (unpaired) electrons. The van der Waals surface area contributed by atoms with E-state index < -0.39 is 5.41 Å². The first-order chi connectivity index (χ1) is 29.8. The van der Waals surface area contributed by atoms with Gasteiger partial charge in [0.2, 0.25) is 0 Å². The van der Waals surface area contributed by atoms with Gasteiger partial charge in [0.15, 0.2) is 11.2 Å². The fourth-order valence-corrected chi connectivity index (χ4v) is 9.93. The van der Waals surface area contributed by atoms with E-state index in [2.05, 4.69) is 240 Å². The van der Waals surface area contributed by atoms with Crippen molar-refractivity contribution < 1.29 is 4.42 Å². The number of hydrogen-bond acceptors (Lipinski definition) is 2. The van der Waals surface area contributed by atoms with Crippen LogP contribution in [0.15, 0.2) is 235 Å². The molecule has 0 atom stereocenters. The van der Waals surface area contributed by atoms with Gasteiger partial charge in [0.1, 0.15) is 5.52 Å². The highest BCUT2D eigenvalue weighted by atomic mass is 16.3. The Balaban J connectivity index is 1.14. The second kappa shape index (κ2) is 13.6. The highest BCUT2D eigenvalue weighted by Crippen LogP contribution is 2.57. The summed E-state index contributed by atoms with van der Waals surface area (Å²) in [6.45, 7) is 0. The van der Waals surface area contributed by atoms with Crippen molar-refractivity contribution in [3.63, 3.8) is 0 Å². The minimum absolute atomic E-state index is 0.537. The number of rotatable bonds is 7. The van der Waals surface area contributed by atoms with E-state index in [0.29, 0.717) is 0 Å². The fraction of sp³-hybridized carbons (Fsp3) is 0.0175. The van der Waals surface area contributed by atoms with E-state index in [1.54, 1.807) is 0 Å². The second-order valence-electron chi connectivity index (χ2n) is 15.6. The van der Waals surface area contributed by atoms with E-state index in [9.17, 15) is 0 Å². The lowest BCUT2D eigenvalue weighted by molar-refractivity contribution is 0.673. The number of para-hydroxylation sites is 3. The van der Waals surface area contributed by atoms with Crippen molar-refractivity contribution in [3.8, 4) is 27.9 Å². The average molecular weight is 767 g/mol.